The predicted molar refractivity (Wildman–Crippen MR) is 68.4 cm³/mol. The first-order valence-electron chi connectivity index (χ1n) is 6.46. The maximum atomic E-state index is 12.5. The largest absolute Gasteiger partial charge is 0.433 e. The highest BCUT2D eigenvalue weighted by molar-refractivity contribution is 5.39. The van der Waals surface area contributed by atoms with Crippen molar-refractivity contribution < 1.29 is 13.2 Å². The molecule has 2 heterocycles. The maximum absolute atomic E-state index is 12.5. The van der Waals surface area contributed by atoms with E-state index in [0.29, 0.717) is 5.69 Å². The molecule has 6 heteroatoms. The van der Waals surface area contributed by atoms with Crippen molar-refractivity contribution in [2.45, 2.75) is 31.5 Å². The molecule has 1 atom stereocenters. The summed E-state index contributed by atoms with van der Waals surface area (Å²) in [5.74, 6) is 0. The Hall–Kier alpha value is -1.82. The number of pyridine rings is 1. The molecule has 0 fully saturated rings. The Balaban J connectivity index is 1.98. The average Bonchev–Trinajstić information content (AvgIpc) is 2.83. The molecule has 1 aliphatic carbocycles. The zero-order valence-electron chi connectivity index (χ0n) is 10.7. The molecule has 0 bridgehead atoms. The van der Waals surface area contributed by atoms with Crippen LogP contribution in [0.2, 0.25) is 0 Å². The molecule has 20 heavy (non-hydrogen) atoms. The van der Waals surface area contributed by atoms with Gasteiger partial charge in [0.05, 0.1) is 11.9 Å². The van der Waals surface area contributed by atoms with Crippen molar-refractivity contribution in [2.24, 2.45) is 5.73 Å². The first-order valence-corrected chi connectivity index (χ1v) is 6.46. The van der Waals surface area contributed by atoms with Gasteiger partial charge in [-0.25, -0.2) is 4.98 Å². The molecule has 1 aliphatic rings. The van der Waals surface area contributed by atoms with E-state index in [2.05, 4.69) is 4.98 Å². The van der Waals surface area contributed by atoms with Crippen LogP contribution in [0.25, 0.3) is 5.69 Å². The van der Waals surface area contributed by atoms with Crippen molar-refractivity contribution in [2.75, 3.05) is 0 Å². The van der Waals surface area contributed by atoms with E-state index in [4.69, 9.17) is 5.73 Å². The quantitative estimate of drug-likeness (QED) is 0.872. The molecular weight excluding hydrogens is 267 g/mol. The van der Waals surface area contributed by atoms with Crippen LogP contribution in [0.15, 0.2) is 30.6 Å². The molecule has 0 saturated heterocycles. The summed E-state index contributed by atoms with van der Waals surface area (Å²) in [6.07, 6.45) is 1.52. The van der Waals surface area contributed by atoms with E-state index < -0.39 is 11.9 Å². The molecule has 0 aromatic carbocycles. The fourth-order valence-electron chi connectivity index (χ4n) is 2.67. The minimum Gasteiger partial charge on any atom is -0.324 e. The molecule has 0 amide bonds. The minimum atomic E-state index is -4.41. The second kappa shape index (κ2) is 4.63. The molecule has 0 saturated carbocycles. The average molecular weight is 281 g/mol. The smallest absolute Gasteiger partial charge is 0.324 e. The second-order valence-corrected chi connectivity index (χ2v) is 4.99. The van der Waals surface area contributed by atoms with Crippen molar-refractivity contribution >= 4 is 0 Å². The Kier molecular flexibility index (Phi) is 3.05. The number of rotatable bonds is 1. The van der Waals surface area contributed by atoms with Gasteiger partial charge < -0.3 is 10.3 Å². The molecule has 106 valence electrons. The van der Waals surface area contributed by atoms with E-state index >= 15 is 0 Å². The molecule has 3 nitrogen and oxygen atoms in total. The number of aromatic nitrogens is 2. The molecular formula is C14H14F3N3. The summed E-state index contributed by atoms with van der Waals surface area (Å²) in [6, 6.07) is 4.40. The summed E-state index contributed by atoms with van der Waals surface area (Å²) in [4.78, 5) is 3.50. The van der Waals surface area contributed by atoms with Crippen LogP contribution in [-0.2, 0) is 12.6 Å². The van der Waals surface area contributed by atoms with E-state index in [0.717, 1.165) is 36.6 Å². The monoisotopic (exact) mass is 281 g/mol. The summed E-state index contributed by atoms with van der Waals surface area (Å²) < 4.78 is 39.4. The first kappa shape index (κ1) is 13.2. The van der Waals surface area contributed by atoms with Crippen molar-refractivity contribution in [3.05, 3.63) is 47.5 Å². The van der Waals surface area contributed by atoms with Crippen molar-refractivity contribution in [1.29, 1.82) is 0 Å². The first-order chi connectivity index (χ1) is 9.47. The molecule has 3 rings (SSSR count). The zero-order chi connectivity index (χ0) is 14.3. The van der Waals surface area contributed by atoms with Gasteiger partial charge in [-0.05, 0) is 43.0 Å². The lowest BCUT2D eigenvalue weighted by Crippen LogP contribution is -2.18. The van der Waals surface area contributed by atoms with Crippen LogP contribution in [0.5, 0.6) is 0 Å². The van der Waals surface area contributed by atoms with Crippen LogP contribution >= 0.6 is 0 Å². The number of alkyl halides is 3. The van der Waals surface area contributed by atoms with Crippen molar-refractivity contribution in [1.82, 2.24) is 9.55 Å². The van der Waals surface area contributed by atoms with Gasteiger partial charge in [0.2, 0.25) is 0 Å². The third-order valence-corrected chi connectivity index (χ3v) is 3.67. The Morgan fingerprint density at radius 3 is 2.70 bits per heavy atom. The van der Waals surface area contributed by atoms with Gasteiger partial charge in [-0.3, -0.25) is 0 Å². The Morgan fingerprint density at radius 1 is 1.25 bits per heavy atom. The summed E-state index contributed by atoms with van der Waals surface area (Å²) in [5, 5.41) is 0. The van der Waals surface area contributed by atoms with E-state index in [1.165, 1.54) is 12.3 Å². The fraction of sp³-hybridized carbons (Fsp3) is 0.357. The van der Waals surface area contributed by atoms with E-state index in [1.807, 2.05) is 16.8 Å². The molecule has 2 N–H and O–H groups in total. The van der Waals surface area contributed by atoms with Crippen LogP contribution in [0, 0.1) is 0 Å². The third-order valence-electron chi connectivity index (χ3n) is 3.67. The Bertz CT molecular complexity index is 614. The van der Waals surface area contributed by atoms with Gasteiger partial charge in [0.1, 0.15) is 5.69 Å². The number of nitrogens with zero attached hydrogens (tertiary/aromatic N) is 2. The number of hydrogen-bond donors (Lipinski definition) is 1. The summed E-state index contributed by atoms with van der Waals surface area (Å²) in [7, 11) is 0. The van der Waals surface area contributed by atoms with Gasteiger partial charge in [0.15, 0.2) is 0 Å². The molecule has 0 spiro atoms. The highest BCUT2D eigenvalue weighted by Crippen LogP contribution is 2.31. The molecule has 1 unspecified atom stereocenters. The number of halogens is 3. The van der Waals surface area contributed by atoms with Crippen LogP contribution in [0.4, 0.5) is 13.2 Å². The van der Waals surface area contributed by atoms with E-state index in [1.54, 1.807) is 0 Å². The normalized spacial score (nSPS) is 18.9. The van der Waals surface area contributed by atoms with Crippen LogP contribution in [-0.4, -0.2) is 9.55 Å². The van der Waals surface area contributed by atoms with Gasteiger partial charge in [-0.1, -0.05) is 0 Å². The lowest BCUT2D eigenvalue weighted by Gasteiger charge is -2.21. The molecule has 0 aliphatic heterocycles. The molecule has 2 aromatic rings. The number of fused-ring (bicyclic) bond motifs is 1. The standard InChI is InChI=1S/C14H14F3N3/c15-14(16,17)13-5-4-9(8-19-13)20-7-6-10-11(18)2-1-3-12(10)20/h4-8,11H,1-3,18H2. The highest BCUT2D eigenvalue weighted by atomic mass is 19.4. The minimum absolute atomic E-state index is 0.0161. The van der Waals surface area contributed by atoms with Crippen LogP contribution < -0.4 is 5.73 Å². The maximum Gasteiger partial charge on any atom is 0.433 e. The lowest BCUT2D eigenvalue weighted by atomic mass is 9.93. The number of hydrogen-bond acceptors (Lipinski definition) is 2. The lowest BCUT2D eigenvalue weighted by molar-refractivity contribution is -0.141. The van der Waals surface area contributed by atoms with Crippen LogP contribution in [0.1, 0.15) is 35.8 Å². The van der Waals surface area contributed by atoms with Crippen molar-refractivity contribution in [3.63, 3.8) is 0 Å². The predicted octanol–water partition coefficient (Wildman–Crippen LogP) is 3.23. The summed E-state index contributed by atoms with van der Waals surface area (Å²) >= 11 is 0. The summed E-state index contributed by atoms with van der Waals surface area (Å²) in [6.45, 7) is 0. The van der Waals surface area contributed by atoms with Gasteiger partial charge in [-0.2, -0.15) is 13.2 Å². The van der Waals surface area contributed by atoms with Gasteiger partial charge in [0.25, 0.3) is 0 Å². The van der Waals surface area contributed by atoms with Gasteiger partial charge in [0, 0.05) is 17.9 Å². The third kappa shape index (κ3) is 2.20. The second-order valence-electron chi connectivity index (χ2n) is 4.99. The summed E-state index contributed by atoms with van der Waals surface area (Å²) in [5.41, 5.74) is 7.95. The molecule has 0 radical (unpaired) electrons. The molecule has 2 aromatic heterocycles. The van der Waals surface area contributed by atoms with E-state index in [9.17, 15) is 13.2 Å². The van der Waals surface area contributed by atoms with Gasteiger partial charge >= 0.3 is 6.18 Å². The topological polar surface area (TPSA) is 43.8 Å². The van der Waals surface area contributed by atoms with E-state index in [-0.39, 0.29) is 6.04 Å². The van der Waals surface area contributed by atoms with Crippen LogP contribution in [0.3, 0.4) is 0 Å². The highest BCUT2D eigenvalue weighted by Gasteiger charge is 2.32. The zero-order valence-corrected chi connectivity index (χ0v) is 10.7. The fourth-order valence-corrected chi connectivity index (χ4v) is 2.67. The number of nitrogens with two attached hydrogens (primary N) is 1. The Labute approximate surface area is 114 Å². The Morgan fingerprint density at radius 2 is 2.05 bits per heavy atom. The van der Waals surface area contributed by atoms with Gasteiger partial charge in [-0.15, -0.1) is 0 Å². The van der Waals surface area contributed by atoms with Crippen molar-refractivity contribution in [3.8, 4) is 5.69 Å². The SMILES string of the molecule is NC1CCCc2c1ccn2-c1ccc(C(F)(F)F)nc1.